The molecule has 29 heavy (non-hydrogen) atoms. The molecule has 0 spiro atoms. The van der Waals surface area contributed by atoms with Crippen LogP contribution in [0.4, 0.5) is 12.0 Å². The van der Waals surface area contributed by atoms with Crippen LogP contribution >= 0.6 is 0 Å². The van der Waals surface area contributed by atoms with Crippen LogP contribution in [-0.2, 0) is 11.8 Å². The maximum absolute atomic E-state index is 12.3. The number of aliphatic hydroxyl groups excluding tert-OH is 1. The van der Waals surface area contributed by atoms with E-state index in [-0.39, 0.29) is 19.1 Å². The Bertz CT molecular complexity index is 1120. The Morgan fingerprint density at radius 1 is 1.17 bits per heavy atom. The van der Waals surface area contributed by atoms with Crippen LogP contribution in [0.2, 0.25) is 0 Å². The number of para-hydroxylation sites is 2. The van der Waals surface area contributed by atoms with Gasteiger partial charge in [-0.3, -0.25) is 10.1 Å². The number of hydrogen-bond acceptors (Lipinski definition) is 7. The number of carbonyl (C=O) groups is 1. The summed E-state index contributed by atoms with van der Waals surface area (Å²) in [5, 5.41) is 14.5. The fourth-order valence-corrected chi connectivity index (χ4v) is 2.98. The number of aryl methyl sites for hydroxylation is 1. The fourth-order valence-electron chi connectivity index (χ4n) is 2.98. The van der Waals surface area contributed by atoms with E-state index in [2.05, 4.69) is 20.6 Å². The summed E-state index contributed by atoms with van der Waals surface area (Å²) in [5.41, 5.74) is 3.50. The first-order chi connectivity index (χ1) is 14.2. The molecule has 0 aliphatic heterocycles. The minimum Gasteiger partial charge on any atom is -0.423 e. The Morgan fingerprint density at radius 3 is 2.86 bits per heavy atom. The van der Waals surface area contributed by atoms with Crippen LogP contribution in [0.3, 0.4) is 0 Å². The van der Waals surface area contributed by atoms with Crippen molar-refractivity contribution in [2.24, 2.45) is 7.05 Å². The van der Waals surface area contributed by atoms with E-state index < -0.39 is 0 Å². The van der Waals surface area contributed by atoms with Gasteiger partial charge >= 0.3 is 6.01 Å². The van der Waals surface area contributed by atoms with Gasteiger partial charge in [0.25, 0.3) is 5.91 Å². The standard InChI is InChI=1S/C20H21N5O4/c1-25-16-7-6-13(18(27)21-8-10-28-11-9-26)12-15(16)22-19(25)24-20-23-14-4-2-3-5-17(14)29-20/h2-7,12,26H,8-11H2,1H3,(H,21,27)(H,22,23,24). The van der Waals surface area contributed by atoms with E-state index in [1.165, 1.54) is 0 Å². The van der Waals surface area contributed by atoms with Gasteiger partial charge in [0.1, 0.15) is 5.52 Å². The van der Waals surface area contributed by atoms with Gasteiger partial charge in [-0.1, -0.05) is 12.1 Å². The molecule has 1 amide bonds. The first-order valence-electron chi connectivity index (χ1n) is 9.21. The molecule has 0 saturated carbocycles. The number of carbonyl (C=O) groups excluding carboxylic acids is 1. The first-order valence-corrected chi connectivity index (χ1v) is 9.21. The number of anilines is 2. The van der Waals surface area contributed by atoms with Crippen molar-refractivity contribution in [2.75, 3.05) is 31.7 Å². The molecule has 150 valence electrons. The van der Waals surface area contributed by atoms with Crippen molar-refractivity contribution >= 4 is 40.0 Å². The van der Waals surface area contributed by atoms with Crippen molar-refractivity contribution in [1.29, 1.82) is 0 Å². The predicted octanol–water partition coefficient (Wildman–Crippen LogP) is 2.20. The molecule has 0 saturated heterocycles. The highest BCUT2D eigenvalue weighted by atomic mass is 16.5. The van der Waals surface area contributed by atoms with E-state index >= 15 is 0 Å². The zero-order valence-electron chi connectivity index (χ0n) is 15.9. The molecule has 2 aromatic heterocycles. The molecule has 2 aromatic carbocycles. The number of rotatable bonds is 8. The minimum atomic E-state index is -0.210. The zero-order valence-corrected chi connectivity index (χ0v) is 15.9. The van der Waals surface area contributed by atoms with Gasteiger partial charge in [0.15, 0.2) is 5.58 Å². The number of aliphatic hydroxyl groups is 1. The second-order valence-corrected chi connectivity index (χ2v) is 6.40. The largest absolute Gasteiger partial charge is 0.423 e. The molecule has 0 bridgehead atoms. The molecular formula is C20H21N5O4. The fraction of sp³-hybridized carbons (Fsp3) is 0.250. The van der Waals surface area contributed by atoms with Crippen LogP contribution in [0.5, 0.6) is 0 Å². The van der Waals surface area contributed by atoms with Crippen molar-refractivity contribution < 1.29 is 19.1 Å². The van der Waals surface area contributed by atoms with Gasteiger partial charge in [-0.15, -0.1) is 0 Å². The van der Waals surface area contributed by atoms with E-state index in [0.29, 0.717) is 41.8 Å². The molecule has 0 aliphatic carbocycles. The van der Waals surface area contributed by atoms with Crippen LogP contribution in [0.25, 0.3) is 22.1 Å². The lowest BCUT2D eigenvalue weighted by molar-refractivity contribution is 0.0838. The molecule has 0 atom stereocenters. The summed E-state index contributed by atoms with van der Waals surface area (Å²) in [7, 11) is 1.87. The van der Waals surface area contributed by atoms with Crippen LogP contribution in [0.1, 0.15) is 10.4 Å². The van der Waals surface area contributed by atoms with Crippen molar-refractivity contribution in [2.45, 2.75) is 0 Å². The number of nitrogens with one attached hydrogen (secondary N) is 2. The summed E-state index contributed by atoms with van der Waals surface area (Å²) in [6, 6.07) is 13.2. The quantitative estimate of drug-likeness (QED) is 0.392. The molecule has 4 rings (SSSR count). The van der Waals surface area contributed by atoms with E-state index in [1.807, 2.05) is 41.9 Å². The van der Waals surface area contributed by atoms with Crippen molar-refractivity contribution in [1.82, 2.24) is 19.9 Å². The van der Waals surface area contributed by atoms with Crippen LogP contribution in [0.15, 0.2) is 46.9 Å². The van der Waals surface area contributed by atoms with E-state index in [0.717, 1.165) is 11.0 Å². The molecular weight excluding hydrogens is 374 g/mol. The Kier molecular flexibility index (Phi) is 5.41. The minimum absolute atomic E-state index is 0.0375. The third-order valence-corrected chi connectivity index (χ3v) is 4.42. The molecule has 9 nitrogen and oxygen atoms in total. The summed E-state index contributed by atoms with van der Waals surface area (Å²) >= 11 is 0. The zero-order chi connectivity index (χ0) is 20.2. The third kappa shape index (κ3) is 4.05. The molecule has 0 fully saturated rings. The lowest BCUT2D eigenvalue weighted by Gasteiger charge is -2.06. The van der Waals surface area contributed by atoms with Gasteiger partial charge in [0.05, 0.1) is 30.9 Å². The number of imidazole rings is 1. The number of oxazole rings is 1. The lowest BCUT2D eigenvalue weighted by Crippen LogP contribution is -2.27. The van der Waals surface area contributed by atoms with E-state index in [4.69, 9.17) is 14.3 Å². The summed E-state index contributed by atoms with van der Waals surface area (Å²) in [6.07, 6.45) is 0. The second-order valence-electron chi connectivity index (χ2n) is 6.40. The Labute approximate surface area is 166 Å². The number of ether oxygens (including phenoxy) is 1. The Hall–Kier alpha value is -3.43. The van der Waals surface area contributed by atoms with Gasteiger partial charge < -0.3 is 24.1 Å². The highest BCUT2D eigenvalue weighted by Gasteiger charge is 2.14. The first kappa shape index (κ1) is 18.9. The van der Waals surface area contributed by atoms with Crippen molar-refractivity contribution in [3.8, 4) is 0 Å². The highest BCUT2D eigenvalue weighted by Crippen LogP contribution is 2.24. The predicted molar refractivity (Wildman–Crippen MR) is 108 cm³/mol. The maximum atomic E-state index is 12.3. The Morgan fingerprint density at radius 2 is 2.03 bits per heavy atom. The maximum Gasteiger partial charge on any atom is 0.302 e. The number of hydrogen-bond donors (Lipinski definition) is 3. The second kappa shape index (κ2) is 8.29. The summed E-state index contributed by atoms with van der Waals surface area (Å²) in [4.78, 5) is 21.3. The molecule has 9 heteroatoms. The molecule has 0 radical (unpaired) electrons. The van der Waals surface area contributed by atoms with Crippen molar-refractivity contribution in [3.05, 3.63) is 48.0 Å². The SMILES string of the molecule is Cn1c(Nc2nc3ccccc3o2)nc2cc(C(=O)NCCOCCO)ccc21. The molecule has 2 heterocycles. The van der Waals surface area contributed by atoms with Gasteiger partial charge in [0.2, 0.25) is 5.95 Å². The summed E-state index contributed by atoms with van der Waals surface area (Å²) in [5.74, 6) is 0.347. The van der Waals surface area contributed by atoms with Gasteiger partial charge in [-0.05, 0) is 30.3 Å². The smallest absolute Gasteiger partial charge is 0.302 e. The van der Waals surface area contributed by atoms with Crippen LogP contribution in [0, 0.1) is 0 Å². The number of aromatic nitrogens is 3. The summed E-state index contributed by atoms with van der Waals surface area (Å²) < 4.78 is 12.7. The topological polar surface area (TPSA) is 114 Å². The highest BCUT2D eigenvalue weighted by molar-refractivity contribution is 5.97. The average molecular weight is 395 g/mol. The van der Waals surface area contributed by atoms with E-state index in [9.17, 15) is 4.79 Å². The van der Waals surface area contributed by atoms with Crippen LogP contribution < -0.4 is 10.6 Å². The number of fused-ring (bicyclic) bond motifs is 2. The molecule has 0 aliphatic rings. The van der Waals surface area contributed by atoms with Gasteiger partial charge in [0, 0.05) is 19.2 Å². The van der Waals surface area contributed by atoms with Gasteiger partial charge in [-0.2, -0.15) is 4.98 Å². The molecule has 3 N–H and O–H groups in total. The van der Waals surface area contributed by atoms with Crippen molar-refractivity contribution in [3.63, 3.8) is 0 Å². The normalized spacial score (nSPS) is 11.2. The van der Waals surface area contributed by atoms with E-state index in [1.54, 1.807) is 12.1 Å². The number of benzene rings is 2. The van der Waals surface area contributed by atoms with Gasteiger partial charge in [-0.25, -0.2) is 4.98 Å². The monoisotopic (exact) mass is 395 g/mol. The lowest BCUT2D eigenvalue weighted by atomic mass is 10.2. The molecule has 0 unspecified atom stereocenters. The third-order valence-electron chi connectivity index (χ3n) is 4.42. The Balaban J connectivity index is 1.50. The number of nitrogens with zero attached hydrogens (tertiary/aromatic N) is 3. The molecule has 4 aromatic rings. The summed E-state index contributed by atoms with van der Waals surface area (Å²) in [6.45, 7) is 0.927. The van der Waals surface area contributed by atoms with Crippen LogP contribution in [-0.4, -0.2) is 51.9 Å². The average Bonchev–Trinajstić information content (AvgIpc) is 3.28. The number of amides is 1.